The number of unbranched alkanes of at least 4 members (excludes halogenated alkanes) is 3. The van der Waals surface area contributed by atoms with Crippen LogP contribution in [0.3, 0.4) is 0 Å². The molecule has 2 aliphatic rings. The summed E-state index contributed by atoms with van der Waals surface area (Å²) < 4.78 is 0. The number of nitrogens with two attached hydrogens (primary N) is 1. The van der Waals surface area contributed by atoms with Crippen molar-refractivity contribution >= 4 is 23.6 Å². The molecule has 1 spiro atoms. The third-order valence-corrected chi connectivity index (χ3v) is 7.24. The summed E-state index contributed by atoms with van der Waals surface area (Å²) in [6.45, 7) is 8.03. The Balaban J connectivity index is 1.74. The molecule has 0 aromatic heterocycles. The van der Waals surface area contributed by atoms with Crippen molar-refractivity contribution in [2.45, 2.75) is 89.1 Å². The second kappa shape index (κ2) is 9.81. The van der Waals surface area contributed by atoms with Crippen molar-refractivity contribution in [2.75, 3.05) is 18.8 Å². The van der Waals surface area contributed by atoms with Gasteiger partial charge in [0.05, 0.1) is 5.75 Å². The number of thioether (sulfide) groups is 1. The summed E-state index contributed by atoms with van der Waals surface area (Å²) in [6, 6.07) is 0.268. The van der Waals surface area contributed by atoms with Gasteiger partial charge in [-0.15, -0.1) is 0 Å². The van der Waals surface area contributed by atoms with Crippen molar-refractivity contribution in [1.82, 2.24) is 10.2 Å². The van der Waals surface area contributed by atoms with Gasteiger partial charge >= 0.3 is 0 Å². The number of rotatable bonds is 8. The molecule has 0 aliphatic carbocycles. The van der Waals surface area contributed by atoms with Crippen LogP contribution in [0.4, 0.5) is 0 Å². The van der Waals surface area contributed by atoms with Crippen LogP contribution in [0.2, 0.25) is 0 Å². The summed E-state index contributed by atoms with van der Waals surface area (Å²) in [7, 11) is 0. The van der Waals surface area contributed by atoms with Gasteiger partial charge in [-0.1, -0.05) is 44.9 Å². The number of likely N-dealkylation sites (tertiary alicyclic amines) is 1. The van der Waals surface area contributed by atoms with Crippen molar-refractivity contribution in [3.8, 4) is 0 Å². The number of quaternary nitrogens is 1. The van der Waals surface area contributed by atoms with Gasteiger partial charge in [0, 0.05) is 38.4 Å². The zero-order chi connectivity index (χ0) is 18.3. The van der Waals surface area contributed by atoms with E-state index in [1.54, 1.807) is 0 Å². The molecule has 2 aliphatic heterocycles. The molecule has 2 heterocycles. The molecule has 0 radical (unpaired) electrons. The van der Waals surface area contributed by atoms with Crippen molar-refractivity contribution in [3.05, 3.63) is 0 Å². The Morgan fingerprint density at radius 3 is 2.60 bits per heavy atom. The van der Waals surface area contributed by atoms with Crippen LogP contribution in [0.25, 0.3) is 0 Å². The van der Waals surface area contributed by atoms with Crippen LogP contribution in [0, 0.1) is 0 Å². The van der Waals surface area contributed by atoms with Crippen LogP contribution in [0.5, 0.6) is 0 Å². The molecular weight excluding hydrogens is 334 g/mol. The Hall–Kier alpha value is -0.750. The lowest BCUT2D eigenvalue weighted by Crippen LogP contribution is -3.00. The second-order valence-electron chi connectivity index (χ2n) is 7.66. The summed E-state index contributed by atoms with van der Waals surface area (Å²) >= 11 is 1.92. The number of nitrogens with one attached hydrogen (secondary N) is 1. The van der Waals surface area contributed by atoms with Crippen LogP contribution >= 0.6 is 11.8 Å². The van der Waals surface area contributed by atoms with E-state index in [2.05, 4.69) is 31.4 Å². The van der Waals surface area contributed by atoms with Gasteiger partial charge in [-0.05, 0) is 19.8 Å². The van der Waals surface area contributed by atoms with Gasteiger partial charge < -0.3 is 15.5 Å². The maximum atomic E-state index is 12.4. The fourth-order valence-corrected chi connectivity index (χ4v) is 5.12. The number of amides is 2. The molecule has 5 nitrogen and oxygen atoms in total. The molecule has 2 atom stereocenters. The first-order valence-corrected chi connectivity index (χ1v) is 11.1. The summed E-state index contributed by atoms with van der Waals surface area (Å²) in [4.78, 5) is 26.8. The summed E-state index contributed by atoms with van der Waals surface area (Å²) in [5.74, 6) is 1.38. The maximum absolute atomic E-state index is 12.4. The van der Waals surface area contributed by atoms with E-state index in [4.69, 9.17) is 0 Å². The lowest BCUT2D eigenvalue weighted by molar-refractivity contribution is -0.714. The molecule has 2 fully saturated rings. The first-order valence-electron chi connectivity index (χ1n) is 10.1. The normalized spacial score (nSPS) is 23.6. The summed E-state index contributed by atoms with van der Waals surface area (Å²) in [6.07, 6.45) is 8.26. The minimum absolute atomic E-state index is 0.0234. The van der Waals surface area contributed by atoms with Gasteiger partial charge in [0.1, 0.15) is 4.87 Å². The van der Waals surface area contributed by atoms with Gasteiger partial charge in [0.25, 0.3) is 5.91 Å². The highest BCUT2D eigenvalue weighted by atomic mass is 32.2. The lowest BCUT2D eigenvalue weighted by atomic mass is 10.0. The predicted octanol–water partition coefficient (Wildman–Crippen LogP) is 1.87. The Bertz CT molecular complexity index is 450. The molecular formula is C19H36N3O2S+. The highest BCUT2D eigenvalue weighted by molar-refractivity contribution is 8.00. The third kappa shape index (κ3) is 5.88. The highest BCUT2D eigenvalue weighted by Crippen LogP contribution is 2.34. The number of carbonyl (C=O) groups is 2. The smallest absolute Gasteiger partial charge is 0.279 e. The quantitative estimate of drug-likeness (QED) is 0.641. The largest absolute Gasteiger partial charge is 0.348 e. The van der Waals surface area contributed by atoms with E-state index >= 15 is 0 Å². The Labute approximate surface area is 157 Å². The molecule has 2 rings (SSSR count). The number of piperidine rings is 1. The molecule has 25 heavy (non-hydrogen) atoms. The van der Waals surface area contributed by atoms with Gasteiger partial charge in [-0.2, -0.15) is 0 Å². The van der Waals surface area contributed by atoms with Gasteiger partial charge in [0.15, 0.2) is 6.04 Å². The topological polar surface area (TPSA) is 66.0 Å². The minimum Gasteiger partial charge on any atom is -0.348 e. The molecule has 2 saturated heterocycles. The van der Waals surface area contributed by atoms with Gasteiger partial charge in [-0.3, -0.25) is 9.59 Å². The van der Waals surface area contributed by atoms with Crippen molar-refractivity contribution in [1.29, 1.82) is 0 Å². The molecule has 2 amide bonds. The van der Waals surface area contributed by atoms with Crippen LogP contribution in [-0.4, -0.2) is 52.5 Å². The summed E-state index contributed by atoms with van der Waals surface area (Å²) in [5.41, 5.74) is 0. The van der Waals surface area contributed by atoms with Gasteiger partial charge in [-0.25, -0.2) is 0 Å². The molecule has 6 heteroatoms. The van der Waals surface area contributed by atoms with Gasteiger partial charge in [0.2, 0.25) is 5.91 Å². The van der Waals surface area contributed by atoms with E-state index in [9.17, 15) is 9.59 Å². The Morgan fingerprint density at radius 1 is 1.24 bits per heavy atom. The van der Waals surface area contributed by atoms with Crippen molar-refractivity contribution in [3.63, 3.8) is 0 Å². The summed E-state index contributed by atoms with van der Waals surface area (Å²) in [5, 5.41) is 5.38. The van der Waals surface area contributed by atoms with Crippen LogP contribution in [-0.2, 0) is 9.59 Å². The molecule has 0 aromatic carbocycles. The number of hydrogen-bond donors (Lipinski definition) is 2. The van der Waals surface area contributed by atoms with E-state index in [0.717, 1.165) is 50.9 Å². The Kier molecular flexibility index (Phi) is 8.07. The van der Waals surface area contributed by atoms with Crippen LogP contribution < -0.4 is 10.6 Å². The molecule has 0 aromatic rings. The fourth-order valence-electron chi connectivity index (χ4n) is 3.63. The molecule has 0 bridgehead atoms. The van der Waals surface area contributed by atoms with Crippen molar-refractivity contribution < 1.29 is 14.9 Å². The average Bonchev–Trinajstić information content (AvgIpc) is 3.03. The first kappa shape index (κ1) is 20.6. The molecule has 144 valence electrons. The highest BCUT2D eigenvalue weighted by Gasteiger charge is 2.48. The van der Waals surface area contributed by atoms with Crippen LogP contribution in [0.1, 0.15) is 72.1 Å². The fraction of sp³-hybridized carbons (Fsp3) is 0.895. The van der Waals surface area contributed by atoms with E-state index in [1.165, 1.54) is 12.8 Å². The number of hydrogen-bond acceptors (Lipinski definition) is 3. The predicted molar refractivity (Wildman–Crippen MR) is 103 cm³/mol. The molecule has 0 saturated carbocycles. The maximum Gasteiger partial charge on any atom is 0.279 e. The third-order valence-electron chi connectivity index (χ3n) is 5.60. The monoisotopic (exact) mass is 370 g/mol. The Morgan fingerprint density at radius 2 is 1.96 bits per heavy atom. The van der Waals surface area contributed by atoms with Crippen molar-refractivity contribution in [2.24, 2.45) is 0 Å². The molecule has 0 unspecified atom stereocenters. The second-order valence-corrected chi connectivity index (χ2v) is 9.09. The SMILES string of the molecule is CCCCCCC(=O)N1CCC2(CC1)[NH2+][C@H](C(=O)N[C@H](C)CC)CS2. The zero-order valence-electron chi connectivity index (χ0n) is 16.2. The van der Waals surface area contributed by atoms with E-state index in [1.807, 2.05) is 16.7 Å². The van der Waals surface area contributed by atoms with Crippen LogP contribution in [0.15, 0.2) is 0 Å². The number of nitrogens with zero attached hydrogens (tertiary/aromatic N) is 1. The lowest BCUT2D eigenvalue weighted by Gasteiger charge is -2.36. The van der Waals surface area contributed by atoms with E-state index < -0.39 is 0 Å². The molecule has 3 N–H and O–H groups in total. The standard InChI is InChI=1S/C19H35N3O2S/c1-4-6-7-8-9-17(23)22-12-10-19(11-13-22)21-16(14-25-19)18(24)20-15(3)5-2/h15-16,21H,4-14H2,1-3H3,(H,20,24)/p+1/t15-,16+/m1/s1. The zero-order valence-corrected chi connectivity index (χ0v) is 17.0. The number of carbonyl (C=O) groups excluding carboxylic acids is 2. The first-order chi connectivity index (χ1) is 12.0. The average molecular weight is 371 g/mol. The minimum atomic E-state index is 0.0234. The van der Waals surface area contributed by atoms with E-state index in [-0.39, 0.29) is 22.9 Å². The van der Waals surface area contributed by atoms with E-state index in [0.29, 0.717) is 12.3 Å².